The molecule has 8 N–H and O–H groups in total. The van der Waals surface area contributed by atoms with Crippen molar-refractivity contribution in [3.05, 3.63) is 60.8 Å². The molecule has 0 saturated heterocycles. The number of esters is 2. The third-order valence-corrected chi connectivity index (χ3v) is 12.9. The van der Waals surface area contributed by atoms with Gasteiger partial charge in [-0.15, -0.1) is 0 Å². The molecule has 1 fully saturated rings. The molecule has 0 spiro atoms. The van der Waals surface area contributed by atoms with Crippen molar-refractivity contribution in [1.82, 2.24) is 0 Å². The molecule has 0 aromatic rings. The number of aliphatic hydroxyl groups excluding tert-OH is 3. The number of carbonyl (C=O) groups is 2. The summed E-state index contributed by atoms with van der Waals surface area (Å²) in [5.41, 5.74) is 0. The second kappa shape index (κ2) is 38.5. The maximum atomic E-state index is 13.1. The molecule has 1 aliphatic rings. The van der Waals surface area contributed by atoms with Gasteiger partial charge in [-0.1, -0.05) is 164 Å². The zero-order valence-corrected chi connectivity index (χ0v) is 43.3. The molecule has 0 heterocycles. The number of unbranched alkanes of at least 4 members (excludes halogenated alkanes) is 15. The van der Waals surface area contributed by atoms with Crippen LogP contribution in [0.1, 0.15) is 168 Å². The highest BCUT2D eigenvalue weighted by Gasteiger charge is 2.56. The Balaban J connectivity index is 2.77. The number of hydrogen-bond donors (Lipinski definition) is 8. The summed E-state index contributed by atoms with van der Waals surface area (Å²) in [6.45, 7) is 2.86. The summed E-state index contributed by atoms with van der Waals surface area (Å²) in [5.74, 6) is -1.39. The summed E-state index contributed by atoms with van der Waals surface area (Å²) in [5, 5.41) is 31.9. The summed E-state index contributed by atoms with van der Waals surface area (Å²) < 4.78 is 65.4. The first-order chi connectivity index (χ1) is 32.8. The summed E-state index contributed by atoms with van der Waals surface area (Å²) in [6.07, 6.45) is 26.8. The molecule has 19 nitrogen and oxygen atoms in total. The smallest absolute Gasteiger partial charge is 0.462 e. The molecule has 8 unspecified atom stereocenters. The number of phosphoric acid groups is 3. The highest BCUT2D eigenvalue weighted by molar-refractivity contribution is 7.47. The monoisotopic (exact) mass is 1040 g/mol. The van der Waals surface area contributed by atoms with Gasteiger partial charge in [0.1, 0.15) is 43.2 Å². The van der Waals surface area contributed by atoms with E-state index in [1.54, 1.807) is 6.08 Å². The first kappa shape index (κ1) is 64.9. The molecule has 22 heteroatoms. The second-order valence-electron chi connectivity index (χ2n) is 17.0. The van der Waals surface area contributed by atoms with Crippen LogP contribution in [0.25, 0.3) is 0 Å². The van der Waals surface area contributed by atoms with Gasteiger partial charge in [0.2, 0.25) is 0 Å². The second-order valence-corrected chi connectivity index (χ2v) is 20.8. The Morgan fingerprint density at radius 3 is 1.35 bits per heavy atom. The largest absolute Gasteiger partial charge is 0.472 e. The first-order valence-corrected chi connectivity index (χ1v) is 29.1. The predicted octanol–water partition coefficient (Wildman–Crippen LogP) is 9.18. The molecule has 1 aliphatic carbocycles. The van der Waals surface area contributed by atoms with Crippen LogP contribution in [0, 0.1) is 0 Å². The quantitative estimate of drug-likeness (QED) is 0.0122. The Bertz CT molecular complexity index is 1670. The molecule has 400 valence electrons. The fourth-order valence-electron chi connectivity index (χ4n) is 7.15. The van der Waals surface area contributed by atoms with Crippen LogP contribution in [0.15, 0.2) is 60.8 Å². The van der Waals surface area contributed by atoms with Crippen LogP contribution in [0.5, 0.6) is 0 Å². The zero-order chi connectivity index (χ0) is 51.4. The van der Waals surface area contributed by atoms with Gasteiger partial charge in [0.05, 0.1) is 6.61 Å². The lowest BCUT2D eigenvalue weighted by atomic mass is 9.85. The molecule has 69 heavy (non-hydrogen) atoms. The van der Waals surface area contributed by atoms with E-state index in [-0.39, 0.29) is 19.3 Å². The third-order valence-electron chi connectivity index (χ3n) is 10.8. The molecule has 8 atom stereocenters. The summed E-state index contributed by atoms with van der Waals surface area (Å²) in [6, 6.07) is 0. The summed E-state index contributed by atoms with van der Waals surface area (Å²) >= 11 is 0. The number of phosphoric ester groups is 3. The molecule has 1 saturated carbocycles. The van der Waals surface area contributed by atoms with Gasteiger partial charge in [0, 0.05) is 12.8 Å². The molecular weight excluding hydrogens is 961 g/mol. The lowest BCUT2D eigenvalue weighted by Gasteiger charge is -2.44. The number of allylic oxidation sites excluding steroid dienone is 10. The molecular formula is C47H83O19P3. The number of rotatable bonds is 41. The van der Waals surface area contributed by atoms with E-state index in [4.69, 9.17) is 18.5 Å². The van der Waals surface area contributed by atoms with Crippen LogP contribution in [0.2, 0.25) is 0 Å². The lowest BCUT2D eigenvalue weighted by molar-refractivity contribution is -0.213. The van der Waals surface area contributed by atoms with Crippen molar-refractivity contribution in [2.75, 3.05) is 13.2 Å². The highest BCUT2D eigenvalue weighted by atomic mass is 31.2. The van der Waals surface area contributed by atoms with Gasteiger partial charge in [0.15, 0.2) is 6.10 Å². The van der Waals surface area contributed by atoms with Crippen molar-refractivity contribution in [2.45, 2.75) is 211 Å². The number of hydrogen-bond acceptors (Lipinski definition) is 14. The standard InChI is InChI=1S/C47H83O19P3/c1-3-5-7-9-11-13-15-17-18-19-20-21-22-24-26-28-30-32-34-36-41(49)63-39(37-61-40(48)35-33-31-29-27-25-23-16-14-12-10-8-6-4-2)38-62-69(59,60)66-45-42(50)43(51)46(64-67(53,54)55)47(44(45)52)65-68(56,57)58/h11,13,17-18,20-21,24,26,30,32,39,42-47,50-52H,3-10,12,14-16,19,22-23,25,27-29,31,33-38H2,1-2H3,(H,59,60)(H2,53,54,55)(H2,56,57,58). The van der Waals surface area contributed by atoms with E-state index in [9.17, 15) is 63.1 Å². The van der Waals surface area contributed by atoms with Gasteiger partial charge < -0.3 is 49.3 Å². The number of carbonyl (C=O) groups excluding carboxylic acids is 2. The van der Waals surface area contributed by atoms with Crippen molar-refractivity contribution >= 4 is 35.4 Å². The van der Waals surface area contributed by atoms with Crippen LogP contribution < -0.4 is 0 Å². The lowest BCUT2D eigenvalue weighted by Crippen LogP contribution is -2.65. The topological polar surface area (TPSA) is 303 Å². The van der Waals surface area contributed by atoms with Crippen molar-refractivity contribution in [3.63, 3.8) is 0 Å². The molecule has 0 bridgehead atoms. The van der Waals surface area contributed by atoms with Gasteiger partial charge in [-0.2, -0.15) is 0 Å². The van der Waals surface area contributed by atoms with Crippen LogP contribution in [-0.4, -0.2) is 108 Å². The molecule has 0 radical (unpaired) electrons. The van der Waals surface area contributed by atoms with E-state index in [0.717, 1.165) is 51.4 Å². The Morgan fingerprint density at radius 1 is 0.464 bits per heavy atom. The van der Waals surface area contributed by atoms with E-state index >= 15 is 0 Å². The van der Waals surface area contributed by atoms with Gasteiger partial charge in [-0.3, -0.25) is 27.7 Å². The van der Waals surface area contributed by atoms with Crippen LogP contribution >= 0.6 is 23.5 Å². The van der Waals surface area contributed by atoms with E-state index in [2.05, 4.69) is 59.4 Å². The van der Waals surface area contributed by atoms with E-state index in [1.807, 2.05) is 18.2 Å². The third kappa shape index (κ3) is 34.8. The first-order valence-electron chi connectivity index (χ1n) is 24.6. The summed E-state index contributed by atoms with van der Waals surface area (Å²) in [4.78, 5) is 73.2. The Kier molecular flexibility index (Phi) is 36.2. The van der Waals surface area contributed by atoms with Crippen molar-refractivity contribution in [3.8, 4) is 0 Å². The van der Waals surface area contributed by atoms with E-state index in [1.165, 1.54) is 70.6 Å². The minimum atomic E-state index is -5.61. The van der Waals surface area contributed by atoms with E-state index in [0.29, 0.717) is 12.8 Å². The van der Waals surface area contributed by atoms with Crippen molar-refractivity contribution in [1.29, 1.82) is 0 Å². The fraction of sp³-hybridized carbons (Fsp3) is 0.745. The van der Waals surface area contributed by atoms with Crippen molar-refractivity contribution in [2.24, 2.45) is 0 Å². The Hall–Kier alpha value is -2.15. The maximum absolute atomic E-state index is 13.1. The minimum absolute atomic E-state index is 0.0650. The number of aliphatic hydroxyl groups is 3. The average Bonchev–Trinajstić information content (AvgIpc) is 3.28. The van der Waals surface area contributed by atoms with Crippen LogP contribution in [-0.2, 0) is 50.9 Å². The normalized spacial score (nSPS) is 21.8. The van der Waals surface area contributed by atoms with Gasteiger partial charge >= 0.3 is 35.4 Å². The van der Waals surface area contributed by atoms with Crippen LogP contribution in [0.4, 0.5) is 0 Å². The highest BCUT2D eigenvalue weighted by Crippen LogP contribution is 2.51. The maximum Gasteiger partial charge on any atom is 0.472 e. The molecule has 0 aromatic heterocycles. The Morgan fingerprint density at radius 2 is 0.870 bits per heavy atom. The molecule has 0 amide bonds. The Labute approximate surface area is 409 Å². The number of ether oxygens (including phenoxy) is 2. The minimum Gasteiger partial charge on any atom is -0.462 e. The average molecular weight is 1050 g/mol. The SMILES string of the molecule is CCCCCC=CCC=CCC=CCC=CCC=CCCC(=O)OC(COC(=O)CCCCCCCCCCCCCCC)COP(=O)(O)OC1C(O)C(O)C(OP(=O)(O)O)C(OP(=O)(O)O)C1O. The summed E-state index contributed by atoms with van der Waals surface area (Å²) in [7, 11) is -16.6. The fourth-order valence-corrected chi connectivity index (χ4v) is 9.25. The zero-order valence-electron chi connectivity index (χ0n) is 40.6. The molecule has 0 aromatic carbocycles. The van der Waals surface area contributed by atoms with Gasteiger partial charge in [0.25, 0.3) is 0 Å². The van der Waals surface area contributed by atoms with Crippen LogP contribution in [0.3, 0.4) is 0 Å². The van der Waals surface area contributed by atoms with Gasteiger partial charge in [-0.05, 0) is 51.4 Å². The molecule has 0 aliphatic heterocycles. The molecule has 1 rings (SSSR count). The van der Waals surface area contributed by atoms with Gasteiger partial charge in [-0.25, -0.2) is 13.7 Å². The van der Waals surface area contributed by atoms with Crippen molar-refractivity contribution < 1.29 is 90.6 Å². The predicted molar refractivity (Wildman–Crippen MR) is 261 cm³/mol. The van der Waals surface area contributed by atoms with E-state index < -0.39 is 91.3 Å².